The van der Waals surface area contributed by atoms with Crippen LogP contribution in [0.25, 0.3) is 33.4 Å². The molecule has 0 aliphatic heterocycles. The molecular formula is C32H24F4N4O3. The first kappa shape index (κ1) is 28.1. The Kier molecular flexibility index (Phi) is 6.75. The highest BCUT2D eigenvalue weighted by atomic mass is 19.3. The van der Waals surface area contributed by atoms with Crippen molar-refractivity contribution in [3.63, 3.8) is 0 Å². The molecule has 2 N–H and O–H groups in total. The topological polar surface area (TPSA) is 97.1 Å². The fraction of sp³-hybridized carbons (Fsp3) is 0.188. The van der Waals surface area contributed by atoms with Gasteiger partial charge < -0.3 is 15.1 Å². The highest BCUT2D eigenvalue weighted by Crippen LogP contribution is 2.50. The van der Waals surface area contributed by atoms with Crippen LogP contribution in [0.15, 0.2) is 77.5 Å². The van der Waals surface area contributed by atoms with Crippen molar-refractivity contribution < 1.29 is 31.6 Å². The lowest BCUT2D eigenvalue weighted by Crippen LogP contribution is -2.60. The van der Waals surface area contributed by atoms with Gasteiger partial charge >= 0.3 is 0 Å². The van der Waals surface area contributed by atoms with Gasteiger partial charge in [-0.15, -0.1) is 0 Å². The van der Waals surface area contributed by atoms with Crippen molar-refractivity contribution in [3.05, 3.63) is 107 Å². The molecule has 3 aromatic carbocycles. The molecule has 2 aromatic heterocycles. The summed E-state index contributed by atoms with van der Waals surface area (Å²) >= 11 is 0. The predicted octanol–water partition coefficient (Wildman–Crippen LogP) is 6.56. The summed E-state index contributed by atoms with van der Waals surface area (Å²) in [6, 6.07) is 14.4. The van der Waals surface area contributed by atoms with Crippen molar-refractivity contribution in [2.24, 2.45) is 0 Å². The van der Waals surface area contributed by atoms with Crippen molar-refractivity contribution in [1.82, 2.24) is 20.6 Å². The number of hydrogen-bond donors (Lipinski definition) is 2. The number of alkyl halides is 2. The normalized spacial score (nSPS) is 15.1. The zero-order valence-electron chi connectivity index (χ0n) is 23.0. The number of aromatic nitrogens is 2. The van der Waals surface area contributed by atoms with E-state index in [-0.39, 0.29) is 39.2 Å². The third-order valence-corrected chi connectivity index (χ3v) is 7.61. The first-order chi connectivity index (χ1) is 20.5. The van der Waals surface area contributed by atoms with Crippen LogP contribution >= 0.6 is 0 Å². The standard InChI is InChI=1S/C32H24F4N4O3/c1-17-4-5-19(28(41)40-31(15-32(35,36)16-31)30-38-12-3-13-39-30)14-22(17)21-10-11-23-24(26(21)34)25(29(42)37-2)27(43-23)18-6-8-20(33)9-7-18/h3-14H,15-16H2,1-2H3,(H,37,42)(H,40,41). The highest BCUT2D eigenvalue weighted by Gasteiger charge is 2.60. The Bertz CT molecular complexity index is 1880. The average Bonchev–Trinajstić information content (AvgIpc) is 3.37. The number of fused-ring (bicyclic) bond motifs is 1. The fourth-order valence-electron chi connectivity index (χ4n) is 5.53. The summed E-state index contributed by atoms with van der Waals surface area (Å²) in [6.07, 6.45) is 1.53. The number of halogens is 4. The van der Waals surface area contributed by atoms with Gasteiger partial charge in [0.05, 0.1) is 10.9 Å². The minimum atomic E-state index is -2.98. The molecule has 6 rings (SSSR count). The van der Waals surface area contributed by atoms with Gasteiger partial charge in [-0.25, -0.2) is 27.5 Å². The van der Waals surface area contributed by atoms with Crippen LogP contribution < -0.4 is 10.6 Å². The number of carbonyl (C=O) groups excluding carboxylic acids is 2. The van der Waals surface area contributed by atoms with E-state index in [0.29, 0.717) is 16.7 Å². The van der Waals surface area contributed by atoms with Gasteiger partial charge in [0.25, 0.3) is 17.7 Å². The number of aryl methyl sites for hydroxylation is 1. The second kappa shape index (κ2) is 10.3. The molecule has 2 amide bonds. The smallest absolute Gasteiger partial charge is 0.255 e. The molecule has 7 nitrogen and oxygen atoms in total. The van der Waals surface area contributed by atoms with Crippen LogP contribution in [0.4, 0.5) is 17.6 Å². The Labute approximate surface area is 243 Å². The van der Waals surface area contributed by atoms with Gasteiger partial charge in [-0.2, -0.15) is 0 Å². The molecule has 1 fully saturated rings. The maximum Gasteiger partial charge on any atom is 0.255 e. The van der Waals surface area contributed by atoms with Crippen LogP contribution in [-0.4, -0.2) is 34.8 Å². The molecule has 43 heavy (non-hydrogen) atoms. The minimum absolute atomic E-state index is 0.0641. The zero-order valence-corrected chi connectivity index (χ0v) is 23.0. The van der Waals surface area contributed by atoms with E-state index in [0.717, 1.165) is 0 Å². The van der Waals surface area contributed by atoms with E-state index >= 15 is 4.39 Å². The van der Waals surface area contributed by atoms with Crippen molar-refractivity contribution in [3.8, 4) is 22.5 Å². The maximum atomic E-state index is 16.4. The number of amides is 2. The van der Waals surface area contributed by atoms with E-state index in [9.17, 15) is 22.8 Å². The van der Waals surface area contributed by atoms with Crippen LogP contribution in [0.2, 0.25) is 0 Å². The van der Waals surface area contributed by atoms with Crippen LogP contribution in [0.1, 0.15) is 44.9 Å². The molecule has 0 bridgehead atoms. The van der Waals surface area contributed by atoms with Gasteiger partial charge in [0.15, 0.2) is 5.82 Å². The zero-order chi connectivity index (χ0) is 30.5. The molecule has 5 aromatic rings. The Morgan fingerprint density at radius 3 is 2.26 bits per heavy atom. The second-order valence-corrected chi connectivity index (χ2v) is 10.5. The Morgan fingerprint density at radius 1 is 0.907 bits per heavy atom. The molecule has 1 aliphatic carbocycles. The predicted molar refractivity (Wildman–Crippen MR) is 150 cm³/mol. The Hall–Kier alpha value is -5.06. The van der Waals surface area contributed by atoms with Crippen molar-refractivity contribution >= 4 is 22.8 Å². The lowest BCUT2D eigenvalue weighted by atomic mass is 9.72. The number of carbonyl (C=O) groups is 2. The minimum Gasteiger partial charge on any atom is -0.455 e. The number of nitrogens with one attached hydrogen (secondary N) is 2. The molecule has 0 saturated heterocycles. The number of nitrogens with zero attached hydrogens (tertiary/aromatic N) is 2. The molecule has 1 aliphatic rings. The Balaban J connectivity index is 1.42. The monoisotopic (exact) mass is 588 g/mol. The Morgan fingerprint density at radius 2 is 1.60 bits per heavy atom. The molecule has 0 radical (unpaired) electrons. The molecule has 1 saturated carbocycles. The summed E-state index contributed by atoms with van der Waals surface area (Å²) in [7, 11) is 1.40. The summed E-state index contributed by atoms with van der Waals surface area (Å²) < 4.78 is 63.9. The quantitative estimate of drug-likeness (QED) is 0.219. The molecule has 0 spiro atoms. The van der Waals surface area contributed by atoms with Crippen LogP contribution in [0, 0.1) is 18.6 Å². The molecule has 2 heterocycles. The van der Waals surface area contributed by atoms with E-state index < -0.39 is 47.8 Å². The summed E-state index contributed by atoms with van der Waals surface area (Å²) in [5.41, 5.74) is 0.131. The summed E-state index contributed by atoms with van der Waals surface area (Å²) in [5, 5.41) is 5.10. The van der Waals surface area contributed by atoms with E-state index in [1.807, 2.05) is 0 Å². The molecule has 0 unspecified atom stereocenters. The maximum absolute atomic E-state index is 16.4. The van der Waals surface area contributed by atoms with E-state index in [1.165, 1.54) is 68.0 Å². The van der Waals surface area contributed by atoms with E-state index in [1.54, 1.807) is 19.1 Å². The fourth-order valence-corrected chi connectivity index (χ4v) is 5.53. The van der Waals surface area contributed by atoms with Gasteiger partial charge in [0.2, 0.25) is 0 Å². The number of hydrogen-bond acceptors (Lipinski definition) is 5. The van der Waals surface area contributed by atoms with Crippen LogP contribution in [0.5, 0.6) is 0 Å². The summed E-state index contributed by atoms with van der Waals surface area (Å²) in [4.78, 5) is 34.5. The van der Waals surface area contributed by atoms with Gasteiger partial charge in [-0.1, -0.05) is 6.07 Å². The van der Waals surface area contributed by atoms with Crippen molar-refractivity contribution in [2.75, 3.05) is 7.05 Å². The van der Waals surface area contributed by atoms with Gasteiger partial charge in [0, 0.05) is 49.0 Å². The molecule has 218 valence electrons. The lowest BCUT2D eigenvalue weighted by molar-refractivity contribution is -0.136. The van der Waals surface area contributed by atoms with Gasteiger partial charge in [0.1, 0.15) is 28.5 Å². The number of furan rings is 1. The largest absolute Gasteiger partial charge is 0.455 e. The van der Waals surface area contributed by atoms with E-state index in [2.05, 4.69) is 20.6 Å². The van der Waals surface area contributed by atoms with Gasteiger partial charge in [-0.3, -0.25) is 9.59 Å². The lowest BCUT2D eigenvalue weighted by Gasteiger charge is -2.46. The highest BCUT2D eigenvalue weighted by molar-refractivity contribution is 6.12. The third kappa shape index (κ3) is 4.90. The molecule has 11 heteroatoms. The first-order valence-electron chi connectivity index (χ1n) is 13.3. The van der Waals surface area contributed by atoms with Crippen molar-refractivity contribution in [1.29, 1.82) is 0 Å². The summed E-state index contributed by atoms with van der Waals surface area (Å²) in [5.74, 6) is -5.34. The number of rotatable bonds is 6. The SMILES string of the molecule is CNC(=O)c1c(-c2ccc(F)cc2)oc2ccc(-c3cc(C(=O)NC4(c5ncccn5)CC(F)(F)C4)ccc3C)c(F)c12. The number of benzene rings is 3. The van der Waals surface area contributed by atoms with Gasteiger partial charge in [-0.05, 0) is 72.6 Å². The summed E-state index contributed by atoms with van der Waals surface area (Å²) in [6.45, 7) is 1.73. The second-order valence-electron chi connectivity index (χ2n) is 10.5. The first-order valence-corrected chi connectivity index (χ1v) is 13.3. The molecule has 0 atom stereocenters. The van der Waals surface area contributed by atoms with Crippen molar-refractivity contribution in [2.45, 2.75) is 31.2 Å². The molecular weight excluding hydrogens is 564 g/mol. The third-order valence-electron chi connectivity index (χ3n) is 7.61. The van der Waals surface area contributed by atoms with Crippen LogP contribution in [-0.2, 0) is 5.54 Å². The van der Waals surface area contributed by atoms with E-state index in [4.69, 9.17) is 4.42 Å². The average molecular weight is 589 g/mol. The van der Waals surface area contributed by atoms with Crippen LogP contribution in [0.3, 0.4) is 0 Å².